The number of hydrogen-bond donors (Lipinski definition) is 2. The Morgan fingerprint density at radius 1 is 1.04 bits per heavy atom. The average Bonchev–Trinajstić information content (AvgIpc) is 3.48. The number of anilines is 2. The Kier molecular flexibility index (Phi) is 10.1. The first-order chi connectivity index (χ1) is 23.4. The molecule has 2 aliphatic heterocycles. The Labute approximate surface area is 280 Å². The zero-order chi connectivity index (χ0) is 34.9. The number of carbonyl (C=O) groups excluding carboxylic acids is 2. The summed E-state index contributed by atoms with van der Waals surface area (Å²) >= 11 is 0. The summed E-state index contributed by atoms with van der Waals surface area (Å²) in [6.45, 7) is 1.89. The highest BCUT2D eigenvalue weighted by molar-refractivity contribution is 7.84. The van der Waals surface area contributed by atoms with Gasteiger partial charge < -0.3 is 19.9 Å². The van der Waals surface area contributed by atoms with E-state index >= 15 is 0 Å². The van der Waals surface area contributed by atoms with Gasteiger partial charge in [0.05, 0.1) is 33.3 Å². The van der Waals surface area contributed by atoms with Crippen molar-refractivity contribution in [2.24, 2.45) is 0 Å². The molecular weight excluding hydrogens is 671 g/mol. The van der Waals surface area contributed by atoms with Crippen LogP contribution in [-0.2, 0) is 26.1 Å². The molecule has 2 saturated heterocycles. The monoisotopic (exact) mass is 704 g/mol. The zero-order valence-corrected chi connectivity index (χ0v) is 27.2. The standard InChI is InChI=1S/C33H33F5N6O4S/c1-43-12-8-19(9-13-43)20-2-4-24(27(17-20)44(32(46)33(36,37)38)23-10-14-48-15-11-23)31(45)40-30-29-26(41-42-30)6-7-28(39-29)49(47)18-21-16-22(34)3-5-25(21)35/h2-7,16-17,19,23H,8-15,18H2,1H3,(H2,40,41,42,45). The third-order valence-corrected chi connectivity index (χ3v) is 10.1. The van der Waals surface area contributed by atoms with Gasteiger partial charge in [0.1, 0.15) is 22.2 Å². The quantitative estimate of drug-likeness (QED) is 0.227. The van der Waals surface area contributed by atoms with Crippen molar-refractivity contribution in [2.75, 3.05) is 43.6 Å². The number of piperidine rings is 1. The lowest BCUT2D eigenvalue weighted by atomic mass is 9.88. The van der Waals surface area contributed by atoms with Crippen molar-refractivity contribution in [2.45, 2.75) is 54.6 Å². The molecule has 2 aromatic carbocycles. The number of alkyl halides is 3. The predicted molar refractivity (Wildman–Crippen MR) is 172 cm³/mol. The first-order valence-corrected chi connectivity index (χ1v) is 17.0. The lowest BCUT2D eigenvalue weighted by Crippen LogP contribution is -2.50. The minimum atomic E-state index is -5.21. The predicted octanol–water partition coefficient (Wildman–Crippen LogP) is 5.68. The molecule has 16 heteroatoms. The summed E-state index contributed by atoms with van der Waals surface area (Å²) in [5, 5.41) is 9.38. The summed E-state index contributed by atoms with van der Waals surface area (Å²) in [5.41, 5.74) is 0.672. The summed E-state index contributed by atoms with van der Waals surface area (Å²) in [4.78, 5) is 34.2. The van der Waals surface area contributed by atoms with Crippen molar-refractivity contribution in [3.05, 3.63) is 76.9 Å². The maximum Gasteiger partial charge on any atom is 0.471 e. The van der Waals surface area contributed by atoms with Gasteiger partial charge in [-0.05, 0) is 99.8 Å². The SMILES string of the molecule is CN1CCC(c2ccc(C(=O)Nc3n[nH]c4ccc(S(=O)Cc5cc(F)ccc5F)nc34)c(N(C(=O)C(F)(F)F)C3CCOCC3)c2)CC1. The van der Waals surface area contributed by atoms with Crippen LogP contribution in [0.5, 0.6) is 0 Å². The molecule has 2 fully saturated rings. The highest BCUT2D eigenvalue weighted by Crippen LogP contribution is 2.37. The third-order valence-electron chi connectivity index (χ3n) is 8.87. The molecule has 4 aromatic rings. The minimum absolute atomic E-state index is 0.00213. The van der Waals surface area contributed by atoms with Gasteiger partial charge in [-0.1, -0.05) is 6.07 Å². The number of aromatic nitrogens is 3. The summed E-state index contributed by atoms with van der Waals surface area (Å²) in [7, 11) is 0.0680. The van der Waals surface area contributed by atoms with Gasteiger partial charge in [0.2, 0.25) is 0 Å². The molecule has 2 aromatic heterocycles. The van der Waals surface area contributed by atoms with Crippen LogP contribution in [0.4, 0.5) is 33.5 Å². The number of hydrogen-bond acceptors (Lipinski definition) is 7. The minimum Gasteiger partial charge on any atom is -0.381 e. The fourth-order valence-electron chi connectivity index (χ4n) is 6.23. The van der Waals surface area contributed by atoms with Crippen molar-refractivity contribution in [3.8, 4) is 0 Å². The van der Waals surface area contributed by atoms with E-state index in [4.69, 9.17) is 4.74 Å². The number of nitrogens with zero attached hydrogens (tertiary/aromatic N) is 4. The Bertz CT molecular complexity index is 1890. The van der Waals surface area contributed by atoms with E-state index in [0.29, 0.717) is 10.4 Å². The average molecular weight is 705 g/mol. The van der Waals surface area contributed by atoms with Gasteiger partial charge >= 0.3 is 12.1 Å². The van der Waals surface area contributed by atoms with E-state index in [2.05, 4.69) is 25.4 Å². The molecule has 2 aliphatic rings. The van der Waals surface area contributed by atoms with Gasteiger partial charge in [0.15, 0.2) is 5.82 Å². The largest absolute Gasteiger partial charge is 0.471 e. The number of fused-ring (bicyclic) bond motifs is 1. The van der Waals surface area contributed by atoms with E-state index in [-0.39, 0.29) is 70.9 Å². The maximum atomic E-state index is 14.2. The van der Waals surface area contributed by atoms with E-state index in [1.165, 1.54) is 24.3 Å². The number of benzene rings is 2. The lowest BCUT2D eigenvalue weighted by Gasteiger charge is -2.36. The van der Waals surface area contributed by atoms with Crippen molar-refractivity contribution >= 4 is 45.2 Å². The van der Waals surface area contributed by atoms with Crippen LogP contribution in [0.3, 0.4) is 0 Å². The van der Waals surface area contributed by atoms with Crippen LogP contribution in [0.25, 0.3) is 11.0 Å². The van der Waals surface area contributed by atoms with E-state index < -0.39 is 46.5 Å². The van der Waals surface area contributed by atoms with Crippen LogP contribution < -0.4 is 10.2 Å². The number of rotatable bonds is 8. The smallest absolute Gasteiger partial charge is 0.381 e. The summed E-state index contributed by atoms with van der Waals surface area (Å²) < 4.78 is 88.7. The molecule has 0 bridgehead atoms. The second-order valence-corrected chi connectivity index (χ2v) is 13.6. The van der Waals surface area contributed by atoms with Gasteiger partial charge in [0.25, 0.3) is 5.91 Å². The van der Waals surface area contributed by atoms with E-state index in [1.807, 2.05) is 7.05 Å². The number of pyridine rings is 1. The summed E-state index contributed by atoms with van der Waals surface area (Å²) in [6, 6.07) is 9.49. The van der Waals surface area contributed by atoms with Crippen LogP contribution in [0.1, 0.15) is 53.1 Å². The molecule has 1 atom stereocenters. The molecule has 6 rings (SSSR count). The summed E-state index contributed by atoms with van der Waals surface area (Å²) in [5.74, 6) is -4.82. The molecule has 2 amide bonds. The van der Waals surface area contributed by atoms with Gasteiger partial charge in [-0.15, -0.1) is 0 Å². The molecule has 49 heavy (non-hydrogen) atoms. The molecule has 4 heterocycles. The zero-order valence-electron chi connectivity index (χ0n) is 26.4. The van der Waals surface area contributed by atoms with E-state index in [9.17, 15) is 35.8 Å². The summed E-state index contributed by atoms with van der Waals surface area (Å²) in [6.07, 6.45) is -3.40. The molecule has 0 saturated carbocycles. The molecule has 2 N–H and O–H groups in total. The van der Waals surface area contributed by atoms with Gasteiger partial charge in [-0.25, -0.2) is 13.8 Å². The number of ether oxygens (including phenoxy) is 1. The van der Waals surface area contributed by atoms with E-state index in [0.717, 1.165) is 49.7 Å². The number of nitrogens with one attached hydrogen (secondary N) is 2. The third kappa shape index (κ3) is 7.65. The molecular formula is C33H33F5N6O4S. The number of carbonyl (C=O) groups is 2. The second-order valence-electron chi connectivity index (χ2n) is 12.2. The number of likely N-dealkylation sites (tertiary alicyclic amines) is 1. The van der Waals surface area contributed by atoms with Crippen LogP contribution in [0.2, 0.25) is 0 Å². The number of amides is 2. The van der Waals surface area contributed by atoms with Crippen LogP contribution >= 0.6 is 0 Å². The van der Waals surface area contributed by atoms with Crippen molar-refractivity contribution < 1.29 is 40.5 Å². The molecule has 260 valence electrons. The number of aromatic amines is 1. The fraction of sp³-hybridized carbons (Fsp3) is 0.394. The highest BCUT2D eigenvalue weighted by Gasteiger charge is 2.46. The Morgan fingerprint density at radius 2 is 1.78 bits per heavy atom. The van der Waals surface area contributed by atoms with E-state index in [1.54, 1.807) is 6.07 Å². The van der Waals surface area contributed by atoms with Crippen LogP contribution in [0.15, 0.2) is 53.6 Å². The Balaban J connectivity index is 1.35. The van der Waals surface area contributed by atoms with Gasteiger partial charge in [-0.3, -0.25) is 18.9 Å². The molecule has 0 spiro atoms. The first-order valence-electron chi connectivity index (χ1n) is 15.7. The Morgan fingerprint density at radius 3 is 2.49 bits per heavy atom. The topological polar surface area (TPSA) is 121 Å². The lowest BCUT2D eigenvalue weighted by molar-refractivity contribution is -0.171. The Hall–Kier alpha value is -4.28. The highest BCUT2D eigenvalue weighted by atomic mass is 32.2. The molecule has 0 radical (unpaired) electrons. The maximum absolute atomic E-state index is 14.2. The first kappa shape index (κ1) is 34.6. The van der Waals surface area contributed by atoms with Gasteiger partial charge in [0, 0.05) is 24.8 Å². The second kappa shape index (κ2) is 14.3. The molecule has 0 aliphatic carbocycles. The molecule has 1 unspecified atom stereocenters. The normalized spacial score (nSPS) is 17.3. The van der Waals surface area contributed by atoms with Gasteiger partial charge in [-0.2, -0.15) is 18.3 Å². The van der Waals surface area contributed by atoms with Crippen molar-refractivity contribution in [3.63, 3.8) is 0 Å². The molecule has 10 nitrogen and oxygen atoms in total. The number of halogens is 5. The van der Waals surface area contributed by atoms with Crippen LogP contribution in [-0.4, -0.2) is 81.7 Å². The van der Waals surface area contributed by atoms with Crippen LogP contribution in [0, 0.1) is 11.6 Å². The fourth-order valence-corrected chi connectivity index (χ4v) is 7.29. The van der Waals surface area contributed by atoms with Crippen molar-refractivity contribution in [1.82, 2.24) is 20.1 Å². The van der Waals surface area contributed by atoms with Crippen molar-refractivity contribution in [1.29, 1.82) is 0 Å². The number of H-pyrrole nitrogens is 1.